The second kappa shape index (κ2) is 6.35. The fourth-order valence-corrected chi connectivity index (χ4v) is 3.51. The molecule has 1 aromatic heterocycles. The summed E-state index contributed by atoms with van der Waals surface area (Å²) >= 11 is 5.68. The summed E-state index contributed by atoms with van der Waals surface area (Å²) in [6, 6.07) is 7.77. The van der Waals surface area contributed by atoms with Gasteiger partial charge < -0.3 is 9.47 Å². The Morgan fingerprint density at radius 1 is 1.17 bits per heavy atom. The van der Waals surface area contributed by atoms with E-state index in [1.807, 2.05) is 0 Å². The third kappa shape index (κ3) is 3.57. The number of halogens is 1. The molecule has 1 aliphatic rings. The minimum absolute atomic E-state index is 0.0614. The first-order chi connectivity index (χ1) is 11.0. The molecule has 1 aromatic carbocycles. The van der Waals surface area contributed by atoms with Gasteiger partial charge in [-0.05, 0) is 36.8 Å². The van der Waals surface area contributed by atoms with Crippen LogP contribution in [0.3, 0.4) is 0 Å². The highest BCUT2D eigenvalue weighted by molar-refractivity contribution is 7.89. The van der Waals surface area contributed by atoms with Crippen LogP contribution in [-0.2, 0) is 10.0 Å². The largest absolute Gasteiger partial charge is 0.486 e. The average molecular weight is 355 g/mol. The summed E-state index contributed by atoms with van der Waals surface area (Å²) < 4.78 is 38.3. The molecular formula is C15H15ClN2O4S. The molecule has 1 atom stereocenters. The Kier molecular flexibility index (Phi) is 4.43. The molecule has 0 aliphatic carbocycles. The van der Waals surface area contributed by atoms with Crippen LogP contribution in [0.25, 0.3) is 0 Å². The van der Waals surface area contributed by atoms with E-state index in [-0.39, 0.29) is 10.0 Å². The predicted molar refractivity (Wildman–Crippen MR) is 85.4 cm³/mol. The standard InChI is InChI=1S/C15H15ClN2O4S/c1-10(11-2-4-13-14(8-11)22-7-6-21-13)18-23(19,20)12-3-5-15(16)17-9-12/h2-5,8-10,18H,6-7H2,1H3. The lowest BCUT2D eigenvalue weighted by Crippen LogP contribution is -2.27. The molecule has 0 fully saturated rings. The fraction of sp³-hybridized carbons (Fsp3) is 0.267. The number of aromatic nitrogens is 1. The number of nitrogens with one attached hydrogen (secondary N) is 1. The van der Waals surface area contributed by atoms with Crippen molar-refractivity contribution in [3.63, 3.8) is 0 Å². The molecule has 2 heterocycles. The summed E-state index contributed by atoms with van der Waals surface area (Å²) in [7, 11) is -3.69. The van der Waals surface area contributed by atoms with Crippen molar-refractivity contribution in [2.45, 2.75) is 17.9 Å². The SMILES string of the molecule is CC(NS(=O)(=O)c1ccc(Cl)nc1)c1ccc2c(c1)OCCO2. The molecule has 6 nitrogen and oxygen atoms in total. The van der Waals surface area contributed by atoms with Crippen molar-refractivity contribution in [2.75, 3.05) is 13.2 Å². The van der Waals surface area contributed by atoms with Crippen LogP contribution in [0, 0.1) is 0 Å². The molecule has 1 N–H and O–H groups in total. The monoisotopic (exact) mass is 354 g/mol. The van der Waals surface area contributed by atoms with E-state index < -0.39 is 16.1 Å². The summed E-state index contributed by atoms with van der Waals surface area (Å²) in [6.07, 6.45) is 1.22. The van der Waals surface area contributed by atoms with Crippen molar-refractivity contribution in [1.82, 2.24) is 9.71 Å². The number of sulfonamides is 1. The topological polar surface area (TPSA) is 77.5 Å². The van der Waals surface area contributed by atoms with Crippen LogP contribution in [0.1, 0.15) is 18.5 Å². The third-order valence-corrected chi connectivity index (χ3v) is 5.16. The van der Waals surface area contributed by atoms with Gasteiger partial charge >= 0.3 is 0 Å². The minimum atomic E-state index is -3.69. The van der Waals surface area contributed by atoms with E-state index in [1.54, 1.807) is 25.1 Å². The van der Waals surface area contributed by atoms with Crippen LogP contribution in [0.2, 0.25) is 5.15 Å². The highest BCUT2D eigenvalue weighted by atomic mass is 35.5. The highest BCUT2D eigenvalue weighted by Crippen LogP contribution is 2.32. The summed E-state index contributed by atoms with van der Waals surface area (Å²) in [5.41, 5.74) is 0.778. The van der Waals surface area contributed by atoms with E-state index in [1.165, 1.54) is 18.3 Å². The van der Waals surface area contributed by atoms with E-state index in [4.69, 9.17) is 21.1 Å². The van der Waals surface area contributed by atoms with Crippen LogP contribution in [0.5, 0.6) is 11.5 Å². The van der Waals surface area contributed by atoms with Gasteiger partial charge in [0.05, 0.1) is 0 Å². The van der Waals surface area contributed by atoms with Gasteiger partial charge in [0.25, 0.3) is 0 Å². The first kappa shape index (κ1) is 16.0. The van der Waals surface area contributed by atoms with Gasteiger partial charge in [-0.2, -0.15) is 0 Å². The summed E-state index contributed by atoms with van der Waals surface area (Å²) in [5, 5.41) is 0.240. The van der Waals surface area contributed by atoms with Crippen molar-refractivity contribution in [2.24, 2.45) is 0 Å². The Labute approximate surface area is 139 Å². The Morgan fingerprint density at radius 3 is 2.61 bits per heavy atom. The Hall–Kier alpha value is -1.83. The Balaban J connectivity index is 1.80. The van der Waals surface area contributed by atoms with Gasteiger partial charge in [0.2, 0.25) is 10.0 Å². The van der Waals surface area contributed by atoms with Gasteiger partial charge in [0.15, 0.2) is 11.5 Å². The lowest BCUT2D eigenvalue weighted by atomic mass is 10.1. The molecule has 23 heavy (non-hydrogen) atoms. The smallest absolute Gasteiger partial charge is 0.242 e. The number of nitrogens with zero attached hydrogens (tertiary/aromatic N) is 1. The molecule has 0 radical (unpaired) electrons. The van der Waals surface area contributed by atoms with E-state index in [0.717, 1.165) is 5.56 Å². The van der Waals surface area contributed by atoms with E-state index in [2.05, 4.69) is 9.71 Å². The molecular weight excluding hydrogens is 340 g/mol. The molecule has 0 spiro atoms. The summed E-state index contributed by atoms with van der Waals surface area (Å²) in [6.45, 7) is 2.75. The molecule has 1 aliphatic heterocycles. The van der Waals surface area contributed by atoms with Gasteiger partial charge in [-0.15, -0.1) is 0 Å². The summed E-state index contributed by atoms with van der Waals surface area (Å²) in [4.78, 5) is 3.85. The van der Waals surface area contributed by atoms with Crippen molar-refractivity contribution < 1.29 is 17.9 Å². The van der Waals surface area contributed by atoms with Crippen LogP contribution in [0.15, 0.2) is 41.4 Å². The Bertz CT molecular complexity index is 809. The number of ether oxygens (including phenoxy) is 2. The maximum absolute atomic E-state index is 12.4. The van der Waals surface area contributed by atoms with Gasteiger partial charge in [-0.1, -0.05) is 17.7 Å². The molecule has 8 heteroatoms. The zero-order valence-electron chi connectivity index (χ0n) is 12.3. The quantitative estimate of drug-likeness (QED) is 0.854. The van der Waals surface area contributed by atoms with Crippen molar-refractivity contribution in [3.8, 4) is 11.5 Å². The number of hydrogen-bond acceptors (Lipinski definition) is 5. The lowest BCUT2D eigenvalue weighted by molar-refractivity contribution is 0.171. The zero-order chi connectivity index (χ0) is 16.4. The van der Waals surface area contributed by atoms with E-state index >= 15 is 0 Å². The van der Waals surface area contributed by atoms with Crippen molar-refractivity contribution in [3.05, 3.63) is 47.2 Å². The number of hydrogen-bond donors (Lipinski definition) is 1. The van der Waals surface area contributed by atoms with Crippen LogP contribution < -0.4 is 14.2 Å². The molecule has 0 amide bonds. The van der Waals surface area contributed by atoms with Crippen LogP contribution >= 0.6 is 11.6 Å². The normalized spacial score (nSPS) is 15.2. The van der Waals surface area contributed by atoms with Crippen molar-refractivity contribution >= 4 is 21.6 Å². The maximum Gasteiger partial charge on any atom is 0.242 e. The Morgan fingerprint density at radius 2 is 1.91 bits per heavy atom. The lowest BCUT2D eigenvalue weighted by Gasteiger charge is -2.21. The number of rotatable bonds is 4. The minimum Gasteiger partial charge on any atom is -0.486 e. The molecule has 3 rings (SSSR count). The van der Waals surface area contributed by atoms with E-state index in [9.17, 15) is 8.42 Å². The van der Waals surface area contributed by atoms with Crippen LogP contribution in [0.4, 0.5) is 0 Å². The highest BCUT2D eigenvalue weighted by Gasteiger charge is 2.20. The fourth-order valence-electron chi connectivity index (χ4n) is 2.22. The molecule has 0 bridgehead atoms. The second-order valence-corrected chi connectivity index (χ2v) is 7.16. The second-order valence-electron chi connectivity index (χ2n) is 5.06. The molecule has 0 saturated carbocycles. The van der Waals surface area contributed by atoms with Gasteiger partial charge in [-0.25, -0.2) is 18.1 Å². The average Bonchev–Trinajstić information content (AvgIpc) is 2.54. The maximum atomic E-state index is 12.4. The predicted octanol–water partition coefficient (Wildman–Crippen LogP) is 2.55. The zero-order valence-corrected chi connectivity index (χ0v) is 13.9. The van der Waals surface area contributed by atoms with Crippen LogP contribution in [-0.4, -0.2) is 26.6 Å². The number of benzene rings is 1. The molecule has 2 aromatic rings. The van der Waals surface area contributed by atoms with Gasteiger partial charge in [0, 0.05) is 12.2 Å². The molecule has 0 saturated heterocycles. The van der Waals surface area contributed by atoms with Gasteiger partial charge in [-0.3, -0.25) is 0 Å². The first-order valence-corrected chi connectivity index (χ1v) is 8.85. The number of pyridine rings is 1. The number of fused-ring (bicyclic) bond motifs is 1. The van der Waals surface area contributed by atoms with Crippen molar-refractivity contribution in [1.29, 1.82) is 0 Å². The molecule has 1 unspecified atom stereocenters. The summed E-state index contributed by atoms with van der Waals surface area (Å²) in [5.74, 6) is 1.28. The van der Waals surface area contributed by atoms with E-state index in [0.29, 0.717) is 24.7 Å². The first-order valence-electron chi connectivity index (χ1n) is 6.99. The molecule has 122 valence electrons. The van der Waals surface area contributed by atoms with Gasteiger partial charge in [0.1, 0.15) is 23.3 Å². The third-order valence-electron chi connectivity index (χ3n) is 3.41.